The number of halogens is 1. The molecule has 3 aromatic rings. The number of carbonyl (C=O) groups excluding carboxylic acids is 1. The molecular formula is C22H24ClN5O3. The first-order valence-corrected chi connectivity index (χ1v) is 10.4. The van der Waals surface area contributed by atoms with Gasteiger partial charge in [0.1, 0.15) is 24.2 Å². The second-order valence-corrected chi connectivity index (χ2v) is 7.72. The molecule has 162 valence electrons. The van der Waals surface area contributed by atoms with Gasteiger partial charge in [0.15, 0.2) is 0 Å². The quantitative estimate of drug-likeness (QED) is 0.602. The van der Waals surface area contributed by atoms with Crippen LogP contribution in [0.15, 0.2) is 49.1 Å². The van der Waals surface area contributed by atoms with Gasteiger partial charge >= 0.3 is 0 Å². The first kappa shape index (κ1) is 21.1. The molecule has 1 N–H and O–H groups in total. The van der Waals surface area contributed by atoms with Gasteiger partial charge < -0.3 is 14.8 Å². The molecule has 2 heterocycles. The third-order valence-corrected chi connectivity index (χ3v) is 5.64. The van der Waals surface area contributed by atoms with E-state index < -0.39 is 0 Å². The molecule has 1 aromatic heterocycles. The van der Waals surface area contributed by atoms with Gasteiger partial charge in [0.05, 0.1) is 32.1 Å². The Morgan fingerprint density at radius 2 is 2.10 bits per heavy atom. The molecular weight excluding hydrogens is 418 g/mol. The van der Waals surface area contributed by atoms with Crippen molar-refractivity contribution in [1.29, 1.82) is 0 Å². The summed E-state index contributed by atoms with van der Waals surface area (Å²) in [5.74, 6) is 1.43. The largest absolute Gasteiger partial charge is 0.497 e. The van der Waals surface area contributed by atoms with Crippen LogP contribution in [0, 0.1) is 0 Å². The zero-order chi connectivity index (χ0) is 21.8. The minimum absolute atomic E-state index is 0.0740. The summed E-state index contributed by atoms with van der Waals surface area (Å²) in [7, 11) is 3.30. The molecule has 0 saturated carbocycles. The van der Waals surface area contributed by atoms with Crippen molar-refractivity contribution in [1.82, 2.24) is 19.7 Å². The van der Waals surface area contributed by atoms with Gasteiger partial charge in [0, 0.05) is 16.6 Å². The van der Waals surface area contributed by atoms with E-state index in [1.54, 1.807) is 43.4 Å². The molecule has 0 bridgehead atoms. The summed E-state index contributed by atoms with van der Waals surface area (Å²) in [6, 6.07) is 11.1. The minimum atomic E-state index is -0.127. The third kappa shape index (κ3) is 4.65. The molecule has 0 radical (unpaired) electrons. The topological polar surface area (TPSA) is 81.5 Å². The predicted molar refractivity (Wildman–Crippen MR) is 118 cm³/mol. The number of anilines is 1. The second kappa shape index (κ2) is 9.36. The summed E-state index contributed by atoms with van der Waals surface area (Å²) in [5.41, 5.74) is 2.30. The molecule has 1 fully saturated rings. The number of hydrogen-bond acceptors (Lipinski definition) is 6. The summed E-state index contributed by atoms with van der Waals surface area (Å²) in [5, 5.41) is 7.66. The van der Waals surface area contributed by atoms with Crippen molar-refractivity contribution < 1.29 is 14.3 Å². The number of ether oxygens (including phenoxy) is 2. The molecule has 0 unspecified atom stereocenters. The summed E-state index contributed by atoms with van der Waals surface area (Å²) < 4.78 is 12.5. The van der Waals surface area contributed by atoms with Crippen LogP contribution in [0.5, 0.6) is 11.5 Å². The van der Waals surface area contributed by atoms with Crippen LogP contribution >= 0.6 is 11.6 Å². The van der Waals surface area contributed by atoms with E-state index in [9.17, 15) is 4.79 Å². The molecule has 1 aliphatic heterocycles. The molecule has 1 saturated heterocycles. The zero-order valence-electron chi connectivity index (χ0n) is 17.4. The van der Waals surface area contributed by atoms with Crippen molar-refractivity contribution in [3.8, 4) is 17.2 Å². The van der Waals surface area contributed by atoms with Crippen LogP contribution < -0.4 is 14.8 Å². The van der Waals surface area contributed by atoms with Crippen molar-refractivity contribution in [3.63, 3.8) is 0 Å². The van der Waals surface area contributed by atoms with Gasteiger partial charge in [-0.25, -0.2) is 9.67 Å². The standard InChI is InChI=1S/C22H24ClN5O3/c1-30-16-6-8-21(31-2)17(11-16)19-4-3-9-27(19)12-22(29)26-18-10-15(23)5-7-20(18)28-14-24-13-25-28/h5-8,10-11,13-14,19H,3-4,9,12H2,1-2H3,(H,26,29)/t19-/m0/s1. The van der Waals surface area contributed by atoms with E-state index in [0.29, 0.717) is 16.4 Å². The van der Waals surface area contributed by atoms with Crippen LogP contribution in [-0.4, -0.2) is 52.9 Å². The normalized spacial score (nSPS) is 16.3. The minimum Gasteiger partial charge on any atom is -0.497 e. The smallest absolute Gasteiger partial charge is 0.238 e. The van der Waals surface area contributed by atoms with E-state index in [4.69, 9.17) is 21.1 Å². The maximum Gasteiger partial charge on any atom is 0.238 e. The maximum atomic E-state index is 13.0. The molecule has 2 aromatic carbocycles. The summed E-state index contributed by atoms with van der Waals surface area (Å²) in [6.45, 7) is 1.07. The molecule has 0 aliphatic carbocycles. The van der Waals surface area contributed by atoms with Crippen molar-refractivity contribution in [2.75, 3.05) is 32.6 Å². The molecule has 1 amide bonds. The van der Waals surface area contributed by atoms with Crippen LogP contribution in [0.25, 0.3) is 5.69 Å². The number of benzene rings is 2. The molecule has 31 heavy (non-hydrogen) atoms. The lowest BCUT2D eigenvalue weighted by atomic mass is 10.0. The van der Waals surface area contributed by atoms with E-state index in [1.165, 1.54) is 6.33 Å². The van der Waals surface area contributed by atoms with Crippen molar-refractivity contribution in [2.24, 2.45) is 0 Å². The van der Waals surface area contributed by atoms with Crippen LogP contribution in [0.2, 0.25) is 5.02 Å². The number of hydrogen-bond donors (Lipinski definition) is 1. The fourth-order valence-electron chi connectivity index (χ4n) is 3.98. The first-order valence-electron chi connectivity index (χ1n) is 9.99. The number of likely N-dealkylation sites (tertiary alicyclic amines) is 1. The van der Waals surface area contributed by atoms with Gasteiger partial charge in [-0.15, -0.1) is 0 Å². The Kier molecular flexibility index (Phi) is 6.39. The van der Waals surface area contributed by atoms with E-state index in [1.807, 2.05) is 18.2 Å². The first-order chi connectivity index (χ1) is 15.1. The van der Waals surface area contributed by atoms with Crippen molar-refractivity contribution in [2.45, 2.75) is 18.9 Å². The second-order valence-electron chi connectivity index (χ2n) is 7.29. The van der Waals surface area contributed by atoms with Gasteiger partial charge in [-0.1, -0.05) is 11.6 Å². The number of amides is 1. The van der Waals surface area contributed by atoms with Gasteiger partial charge in [0.2, 0.25) is 5.91 Å². The molecule has 0 spiro atoms. The number of nitrogens with one attached hydrogen (secondary N) is 1. The van der Waals surface area contributed by atoms with E-state index in [-0.39, 0.29) is 18.5 Å². The van der Waals surface area contributed by atoms with Crippen molar-refractivity contribution in [3.05, 3.63) is 59.6 Å². The lowest BCUT2D eigenvalue weighted by Crippen LogP contribution is -2.33. The highest BCUT2D eigenvalue weighted by atomic mass is 35.5. The number of carbonyl (C=O) groups is 1. The molecule has 9 heteroatoms. The number of methoxy groups -OCH3 is 2. The summed E-state index contributed by atoms with van der Waals surface area (Å²) >= 11 is 6.16. The van der Waals surface area contributed by atoms with Crippen LogP contribution in [-0.2, 0) is 4.79 Å². The Bertz CT molecular complexity index is 1060. The van der Waals surface area contributed by atoms with Crippen LogP contribution in [0.4, 0.5) is 5.69 Å². The fourth-order valence-corrected chi connectivity index (χ4v) is 4.15. The SMILES string of the molecule is COc1ccc(OC)c([C@@H]2CCCN2CC(=O)Nc2cc(Cl)ccc2-n2cncn2)c1. The van der Waals surface area contributed by atoms with Gasteiger partial charge in [-0.05, 0) is 55.8 Å². The molecule has 1 atom stereocenters. The monoisotopic (exact) mass is 441 g/mol. The van der Waals surface area contributed by atoms with E-state index >= 15 is 0 Å². The summed E-state index contributed by atoms with van der Waals surface area (Å²) in [6.07, 6.45) is 4.96. The molecule has 8 nitrogen and oxygen atoms in total. The molecule has 1 aliphatic rings. The molecule has 4 rings (SSSR count). The third-order valence-electron chi connectivity index (χ3n) is 5.40. The van der Waals surface area contributed by atoms with E-state index in [0.717, 1.165) is 36.4 Å². The average Bonchev–Trinajstić information content (AvgIpc) is 3.45. The van der Waals surface area contributed by atoms with Crippen molar-refractivity contribution >= 4 is 23.2 Å². The Hall–Kier alpha value is -3.10. The van der Waals surface area contributed by atoms with E-state index in [2.05, 4.69) is 20.3 Å². The highest BCUT2D eigenvalue weighted by molar-refractivity contribution is 6.31. The van der Waals surface area contributed by atoms with Gasteiger partial charge in [-0.2, -0.15) is 5.10 Å². The number of nitrogens with zero attached hydrogens (tertiary/aromatic N) is 4. The Balaban J connectivity index is 1.53. The Labute approximate surface area is 185 Å². The van der Waals surface area contributed by atoms with Crippen LogP contribution in [0.1, 0.15) is 24.4 Å². The highest BCUT2D eigenvalue weighted by Crippen LogP contribution is 2.38. The van der Waals surface area contributed by atoms with Gasteiger partial charge in [-0.3, -0.25) is 9.69 Å². The maximum absolute atomic E-state index is 13.0. The Morgan fingerprint density at radius 1 is 1.23 bits per heavy atom. The lowest BCUT2D eigenvalue weighted by molar-refractivity contribution is -0.117. The fraction of sp³-hybridized carbons (Fsp3) is 0.318. The van der Waals surface area contributed by atoms with Gasteiger partial charge in [0.25, 0.3) is 0 Å². The average molecular weight is 442 g/mol. The zero-order valence-corrected chi connectivity index (χ0v) is 18.2. The predicted octanol–water partition coefficient (Wildman–Crippen LogP) is 3.71. The lowest BCUT2D eigenvalue weighted by Gasteiger charge is -2.26. The Morgan fingerprint density at radius 3 is 2.84 bits per heavy atom. The number of rotatable bonds is 7. The number of aromatic nitrogens is 3. The van der Waals surface area contributed by atoms with Crippen LogP contribution in [0.3, 0.4) is 0 Å². The summed E-state index contributed by atoms with van der Waals surface area (Å²) in [4.78, 5) is 19.1. The highest BCUT2D eigenvalue weighted by Gasteiger charge is 2.30.